The van der Waals surface area contributed by atoms with E-state index in [1.165, 1.54) is 12.1 Å². The summed E-state index contributed by atoms with van der Waals surface area (Å²) in [5.41, 5.74) is 1.81. The molecule has 1 N–H and O–H groups in total. The third-order valence-electron chi connectivity index (χ3n) is 4.66. The molecule has 150 valence electrons. The van der Waals surface area contributed by atoms with Gasteiger partial charge in [0.1, 0.15) is 30.8 Å². The van der Waals surface area contributed by atoms with Crippen LogP contribution in [0.25, 0.3) is 0 Å². The molecule has 0 amide bonds. The zero-order chi connectivity index (χ0) is 19.7. The van der Waals surface area contributed by atoms with Gasteiger partial charge in [0, 0.05) is 30.2 Å². The molecule has 0 aromatic heterocycles. The summed E-state index contributed by atoms with van der Waals surface area (Å²) in [6.45, 7) is 5.35. The molecule has 0 saturated carbocycles. The fraction of sp³-hybridized carbons (Fsp3) is 0.400. The smallest absolute Gasteiger partial charge is 0.241 e. The Morgan fingerprint density at radius 1 is 1.11 bits per heavy atom. The molecule has 2 aromatic rings. The normalized spacial score (nSPS) is 17.7. The molecule has 0 unspecified atom stereocenters. The summed E-state index contributed by atoms with van der Waals surface area (Å²) in [5, 5.41) is 0. The predicted molar refractivity (Wildman–Crippen MR) is 103 cm³/mol. The zero-order valence-electron chi connectivity index (χ0n) is 15.9. The second-order valence-electron chi connectivity index (χ2n) is 6.76. The van der Waals surface area contributed by atoms with Crippen LogP contribution in [0.5, 0.6) is 23.0 Å². The molecule has 1 atom stereocenters. The van der Waals surface area contributed by atoms with Crippen LogP contribution in [0.2, 0.25) is 0 Å². The van der Waals surface area contributed by atoms with Crippen LogP contribution >= 0.6 is 0 Å². The van der Waals surface area contributed by atoms with Crippen molar-refractivity contribution in [1.29, 1.82) is 0 Å². The van der Waals surface area contributed by atoms with E-state index in [9.17, 15) is 8.42 Å². The molecule has 0 radical (unpaired) electrons. The Morgan fingerprint density at radius 3 is 2.68 bits per heavy atom. The van der Waals surface area contributed by atoms with Gasteiger partial charge in [-0.2, -0.15) is 0 Å². The van der Waals surface area contributed by atoms with Crippen LogP contribution in [0.15, 0.2) is 35.2 Å². The molecule has 2 aliphatic heterocycles. The second-order valence-corrected chi connectivity index (χ2v) is 8.53. The van der Waals surface area contributed by atoms with Crippen molar-refractivity contribution in [2.24, 2.45) is 0 Å². The standard InChI is InChI=1S/C20H23NO6S/c1-3-24-18-9-14-8-13(2)27-19(14)10-15(18)12-21-28(22,23)16-4-5-17-20(11-16)26-7-6-25-17/h4-5,9-11,13,21H,3,6-8,12H2,1-2H3/t13-/m1/s1. The lowest BCUT2D eigenvalue weighted by Crippen LogP contribution is -2.24. The molecule has 7 nitrogen and oxygen atoms in total. The van der Waals surface area contributed by atoms with Crippen LogP contribution in [0.4, 0.5) is 0 Å². The van der Waals surface area contributed by atoms with Gasteiger partial charge in [-0.1, -0.05) is 0 Å². The van der Waals surface area contributed by atoms with E-state index in [0.29, 0.717) is 37.1 Å². The van der Waals surface area contributed by atoms with Crippen LogP contribution in [0.1, 0.15) is 25.0 Å². The van der Waals surface area contributed by atoms with Crippen molar-refractivity contribution in [2.45, 2.75) is 37.8 Å². The summed E-state index contributed by atoms with van der Waals surface area (Å²) >= 11 is 0. The Balaban J connectivity index is 1.56. The monoisotopic (exact) mass is 405 g/mol. The van der Waals surface area contributed by atoms with Crippen LogP contribution < -0.4 is 23.7 Å². The van der Waals surface area contributed by atoms with Gasteiger partial charge in [-0.05, 0) is 38.1 Å². The Kier molecular flexibility index (Phi) is 5.07. The van der Waals surface area contributed by atoms with Crippen LogP contribution in [0, 0.1) is 0 Å². The minimum absolute atomic E-state index is 0.0944. The van der Waals surface area contributed by atoms with E-state index in [-0.39, 0.29) is 17.5 Å². The number of hydrogen-bond donors (Lipinski definition) is 1. The molecule has 0 fully saturated rings. The maximum atomic E-state index is 12.8. The lowest BCUT2D eigenvalue weighted by molar-refractivity contribution is 0.171. The molecular formula is C20H23NO6S. The van der Waals surface area contributed by atoms with Gasteiger partial charge in [0.15, 0.2) is 11.5 Å². The molecule has 28 heavy (non-hydrogen) atoms. The molecule has 2 heterocycles. The average molecular weight is 405 g/mol. The average Bonchev–Trinajstić information content (AvgIpc) is 3.05. The highest BCUT2D eigenvalue weighted by Crippen LogP contribution is 2.36. The van der Waals surface area contributed by atoms with Gasteiger partial charge in [-0.25, -0.2) is 13.1 Å². The quantitative estimate of drug-likeness (QED) is 0.796. The maximum absolute atomic E-state index is 12.8. The largest absolute Gasteiger partial charge is 0.494 e. The van der Waals surface area contributed by atoms with Crippen molar-refractivity contribution in [3.05, 3.63) is 41.5 Å². The highest BCUT2D eigenvalue weighted by Gasteiger charge is 2.24. The van der Waals surface area contributed by atoms with Gasteiger partial charge < -0.3 is 18.9 Å². The predicted octanol–water partition coefficient (Wildman–Crippen LogP) is 2.66. The number of fused-ring (bicyclic) bond motifs is 2. The molecule has 8 heteroatoms. The molecular weight excluding hydrogens is 382 g/mol. The molecule has 0 spiro atoms. The van der Waals surface area contributed by atoms with Gasteiger partial charge >= 0.3 is 0 Å². The zero-order valence-corrected chi connectivity index (χ0v) is 16.7. The summed E-state index contributed by atoms with van der Waals surface area (Å²) in [6.07, 6.45) is 0.924. The van der Waals surface area contributed by atoms with Crippen molar-refractivity contribution in [1.82, 2.24) is 4.72 Å². The minimum atomic E-state index is -3.73. The SMILES string of the molecule is CCOc1cc2c(cc1CNS(=O)(=O)c1ccc3c(c1)OCCO3)O[C@H](C)C2. The highest BCUT2D eigenvalue weighted by atomic mass is 32.2. The molecule has 2 aliphatic rings. The summed E-state index contributed by atoms with van der Waals surface area (Å²) in [4.78, 5) is 0.126. The summed E-state index contributed by atoms with van der Waals surface area (Å²) < 4.78 is 50.6. The molecule has 2 aromatic carbocycles. The summed E-state index contributed by atoms with van der Waals surface area (Å²) in [6, 6.07) is 8.39. The van der Waals surface area contributed by atoms with E-state index in [0.717, 1.165) is 23.3 Å². The van der Waals surface area contributed by atoms with Gasteiger partial charge in [0.25, 0.3) is 0 Å². The summed E-state index contributed by atoms with van der Waals surface area (Å²) in [7, 11) is -3.73. The number of ether oxygens (including phenoxy) is 4. The van der Waals surface area contributed by atoms with Gasteiger partial charge in [-0.3, -0.25) is 0 Å². The van der Waals surface area contributed by atoms with Crippen LogP contribution in [-0.4, -0.2) is 34.3 Å². The molecule has 4 rings (SSSR count). The molecule has 0 bridgehead atoms. The van der Waals surface area contributed by atoms with Crippen molar-refractivity contribution in [3.63, 3.8) is 0 Å². The summed E-state index contributed by atoms with van der Waals surface area (Å²) in [5.74, 6) is 2.44. The second kappa shape index (κ2) is 7.52. The lowest BCUT2D eigenvalue weighted by Gasteiger charge is -2.19. The van der Waals surface area contributed by atoms with Gasteiger partial charge in [-0.15, -0.1) is 0 Å². The number of benzene rings is 2. The first-order chi connectivity index (χ1) is 13.5. The first-order valence-electron chi connectivity index (χ1n) is 9.31. The van der Waals surface area contributed by atoms with Crippen LogP contribution in [0.3, 0.4) is 0 Å². The van der Waals surface area contributed by atoms with E-state index in [4.69, 9.17) is 18.9 Å². The topological polar surface area (TPSA) is 83.1 Å². The van der Waals surface area contributed by atoms with E-state index in [2.05, 4.69) is 4.72 Å². The third kappa shape index (κ3) is 3.74. The van der Waals surface area contributed by atoms with E-state index in [1.807, 2.05) is 26.0 Å². The number of nitrogens with one attached hydrogen (secondary N) is 1. The first kappa shape index (κ1) is 18.9. The molecule has 0 aliphatic carbocycles. The van der Waals surface area contributed by atoms with Crippen molar-refractivity contribution < 1.29 is 27.4 Å². The lowest BCUT2D eigenvalue weighted by atomic mass is 10.1. The third-order valence-corrected chi connectivity index (χ3v) is 6.05. The maximum Gasteiger partial charge on any atom is 0.241 e. The number of hydrogen-bond acceptors (Lipinski definition) is 6. The Bertz CT molecular complexity index is 988. The van der Waals surface area contributed by atoms with Crippen molar-refractivity contribution >= 4 is 10.0 Å². The van der Waals surface area contributed by atoms with Crippen molar-refractivity contribution in [3.8, 4) is 23.0 Å². The van der Waals surface area contributed by atoms with Gasteiger partial charge in [0.05, 0.1) is 11.5 Å². The fourth-order valence-electron chi connectivity index (χ4n) is 3.36. The molecule has 0 saturated heterocycles. The van der Waals surface area contributed by atoms with E-state index in [1.54, 1.807) is 6.07 Å². The van der Waals surface area contributed by atoms with Crippen LogP contribution in [-0.2, 0) is 23.0 Å². The first-order valence-corrected chi connectivity index (χ1v) is 10.8. The van der Waals surface area contributed by atoms with E-state index < -0.39 is 10.0 Å². The minimum Gasteiger partial charge on any atom is -0.494 e. The van der Waals surface area contributed by atoms with E-state index >= 15 is 0 Å². The Labute approximate surface area is 164 Å². The highest BCUT2D eigenvalue weighted by molar-refractivity contribution is 7.89. The fourth-order valence-corrected chi connectivity index (χ4v) is 4.38. The van der Waals surface area contributed by atoms with Gasteiger partial charge in [0.2, 0.25) is 10.0 Å². The Hall–Kier alpha value is -2.45. The Morgan fingerprint density at radius 2 is 1.89 bits per heavy atom. The van der Waals surface area contributed by atoms with Crippen molar-refractivity contribution in [2.75, 3.05) is 19.8 Å². The number of rotatable bonds is 6. The number of sulfonamides is 1.